The molecule has 9 heteroatoms. The molecule has 0 spiro atoms. The first-order chi connectivity index (χ1) is 14.6. The maximum Gasteiger partial charge on any atom is 0.265 e. The standard InChI is InChI=1S/C22H28N2O6S/c1-6-11-24-17-12-15(7-9-18(17)30-14-22(2,3)21(24)25)23-31(26,27)20-10-8-16(28-4)13-19(20)29-5/h7-10,12-13,23H,6,11,14H2,1-5H3. The SMILES string of the molecule is CCCN1C(=O)C(C)(C)COc2ccc(NS(=O)(=O)c3ccc(OC)cc3OC)cc21. The van der Waals surface area contributed by atoms with Crippen molar-refractivity contribution in [1.29, 1.82) is 0 Å². The number of hydrogen-bond acceptors (Lipinski definition) is 6. The van der Waals surface area contributed by atoms with Crippen molar-refractivity contribution in [1.82, 2.24) is 0 Å². The Balaban J connectivity index is 1.99. The summed E-state index contributed by atoms with van der Waals surface area (Å²) < 4.78 is 44.9. The maximum atomic E-state index is 13.1. The summed E-state index contributed by atoms with van der Waals surface area (Å²) in [6.07, 6.45) is 0.750. The number of anilines is 2. The Morgan fingerprint density at radius 2 is 1.87 bits per heavy atom. The van der Waals surface area contributed by atoms with Crippen molar-refractivity contribution >= 4 is 27.3 Å². The molecule has 0 aromatic heterocycles. The number of carbonyl (C=O) groups is 1. The van der Waals surface area contributed by atoms with Crippen molar-refractivity contribution in [2.24, 2.45) is 5.41 Å². The zero-order valence-electron chi connectivity index (χ0n) is 18.4. The van der Waals surface area contributed by atoms with Gasteiger partial charge in [-0.15, -0.1) is 0 Å². The predicted octanol–water partition coefficient (Wildman–Crippen LogP) is 3.67. The van der Waals surface area contributed by atoms with Crippen LogP contribution in [0.15, 0.2) is 41.3 Å². The van der Waals surface area contributed by atoms with E-state index in [1.165, 1.54) is 26.4 Å². The van der Waals surface area contributed by atoms with Gasteiger partial charge in [0.2, 0.25) is 5.91 Å². The topological polar surface area (TPSA) is 94.2 Å². The van der Waals surface area contributed by atoms with Gasteiger partial charge in [0.1, 0.15) is 28.8 Å². The maximum absolute atomic E-state index is 13.1. The minimum atomic E-state index is -3.96. The highest BCUT2D eigenvalue weighted by Crippen LogP contribution is 2.39. The van der Waals surface area contributed by atoms with Crippen LogP contribution in [0.3, 0.4) is 0 Å². The number of amides is 1. The molecular weight excluding hydrogens is 420 g/mol. The second-order valence-corrected chi connectivity index (χ2v) is 9.58. The van der Waals surface area contributed by atoms with Crippen molar-refractivity contribution < 1.29 is 27.4 Å². The Hall–Kier alpha value is -2.94. The number of methoxy groups -OCH3 is 2. The van der Waals surface area contributed by atoms with E-state index >= 15 is 0 Å². The summed E-state index contributed by atoms with van der Waals surface area (Å²) in [6, 6.07) is 9.38. The van der Waals surface area contributed by atoms with Crippen LogP contribution in [-0.4, -0.2) is 41.7 Å². The van der Waals surface area contributed by atoms with Crippen molar-refractivity contribution in [2.45, 2.75) is 32.1 Å². The molecule has 3 rings (SSSR count). The molecular formula is C22H28N2O6S. The van der Waals surface area contributed by atoms with Gasteiger partial charge in [-0.2, -0.15) is 0 Å². The van der Waals surface area contributed by atoms with Crippen molar-refractivity contribution in [3.63, 3.8) is 0 Å². The first-order valence-electron chi connectivity index (χ1n) is 9.96. The van der Waals surface area contributed by atoms with E-state index in [1.807, 2.05) is 20.8 Å². The summed E-state index contributed by atoms with van der Waals surface area (Å²) in [5, 5.41) is 0. The van der Waals surface area contributed by atoms with Crippen LogP contribution >= 0.6 is 0 Å². The van der Waals surface area contributed by atoms with E-state index < -0.39 is 15.4 Å². The zero-order valence-corrected chi connectivity index (χ0v) is 19.2. The van der Waals surface area contributed by atoms with Gasteiger partial charge in [-0.1, -0.05) is 6.92 Å². The molecule has 168 valence electrons. The summed E-state index contributed by atoms with van der Waals surface area (Å²) in [4.78, 5) is 14.7. The number of fused-ring (bicyclic) bond motifs is 1. The zero-order chi connectivity index (χ0) is 22.8. The third-order valence-electron chi connectivity index (χ3n) is 5.02. The summed E-state index contributed by atoms with van der Waals surface area (Å²) in [5.41, 5.74) is 0.165. The molecule has 0 atom stereocenters. The van der Waals surface area contributed by atoms with Crippen molar-refractivity contribution in [3.8, 4) is 17.2 Å². The molecule has 31 heavy (non-hydrogen) atoms. The van der Waals surface area contributed by atoms with E-state index in [-0.39, 0.29) is 23.2 Å². The van der Waals surface area contributed by atoms with E-state index in [2.05, 4.69) is 4.72 Å². The molecule has 0 unspecified atom stereocenters. The monoisotopic (exact) mass is 448 g/mol. The van der Waals surface area contributed by atoms with Crippen LogP contribution in [0.2, 0.25) is 0 Å². The smallest absolute Gasteiger partial charge is 0.265 e. The molecule has 1 amide bonds. The summed E-state index contributed by atoms with van der Waals surface area (Å²) in [6.45, 7) is 6.40. The molecule has 0 fully saturated rings. The second kappa shape index (κ2) is 8.66. The Morgan fingerprint density at radius 1 is 1.13 bits per heavy atom. The number of ether oxygens (including phenoxy) is 3. The Bertz CT molecular complexity index is 1080. The fraction of sp³-hybridized carbons (Fsp3) is 0.409. The molecule has 1 aliphatic heterocycles. The number of nitrogens with zero attached hydrogens (tertiary/aromatic N) is 1. The summed E-state index contributed by atoms with van der Waals surface area (Å²) in [5.74, 6) is 1.12. The van der Waals surface area contributed by atoms with Crippen LogP contribution in [0.5, 0.6) is 17.2 Å². The highest BCUT2D eigenvalue weighted by atomic mass is 32.2. The van der Waals surface area contributed by atoms with Crippen LogP contribution < -0.4 is 23.8 Å². The van der Waals surface area contributed by atoms with Gasteiger partial charge < -0.3 is 19.1 Å². The minimum absolute atomic E-state index is 0.0235. The Kier molecular flexibility index (Phi) is 6.35. The number of hydrogen-bond donors (Lipinski definition) is 1. The lowest BCUT2D eigenvalue weighted by molar-refractivity contribution is -0.127. The Morgan fingerprint density at radius 3 is 2.52 bits per heavy atom. The molecule has 1 aliphatic rings. The fourth-order valence-electron chi connectivity index (χ4n) is 3.36. The molecule has 0 radical (unpaired) electrons. The van der Waals surface area contributed by atoms with Gasteiger partial charge in [0.05, 0.1) is 31.0 Å². The lowest BCUT2D eigenvalue weighted by atomic mass is 9.93. The van der Waals surface area contributed by atoms with Gasteiger partial charge in [-0.05, 0) is 50.6 Å². The van der Waals surface area contributed by atoms with Crippen LogP contribution in [0.4, 0.5) is 11.4 Å². The Labute approximate surface area is 183 Å². The highest BCUT2D eigenvalue weighted by Gasteiger charge is 2.37. The number of carbonyl (C=O) groups excluding carboxylic acids is 1. The normalized spacial score (nSPS) is 15.5. The molecule has 0 bridgehead atoms. The van der Waals surface area contributed by atoms with E-state index in [0.717, 1.165) is 6.42 Å². The van der Waals surface area contributed by atoms with E-state index in [1.54, 1.807) is 29.2 Å². The molecule has 2 aromatic rings. The average Bonchev–Trinajstić information content (AvgIpc) is 2.83. The average molecular weight is 449 g/mol. The third-order valence-corrected chi connectivity index (χ3v) is 6.44. The highest BCUT2D eigenvalue weighted by molar-refractivity contribution is 7.92. The number of nitrogens with one attached hydrogen (secondary N) is 1. The first kappa shape index (κ1) is 22.7. The predicted molar refractivity (Wildman–Crippen MR) is 119 cm³/mol. The van der Waals surface area contributed by atoms with Crippen LogP contribution in [0, 0.1) is 5.41 Å². The molecule has 0 saturated heterocycles. The van der Waals surface area contributed by atoms with Gasteiger partial charge in [-0.25, -0.2) is 8.42 Å². The summed E-state index contributed by atoms with van der Waals surface area (Å²) >= 11 is 0. The lowest BCUT2D eigenvalue weighted by Crippen LogP contribution is -2.42. The van der Waals surface area contributed by atoms with Gasteiger partial charge in [0.25, 0.3) is 10.0 Å². The first-order valence-corrected chi connectivity index (χ1v) is 11.4. The molecule has 8 nitrogen and oxygen atoms in total. The van der Waals surface area contributed by atoms with Gasteiger partial charge in [0.15, 0.2) is 0 Å². The van der Waals surface area contributed by atoms with Crippen LogP contribution in [0.1, 0.15) is 27.2 Å². The van der Waals surface area contributed by atoms with Gasteiger partial charge in [0, 0.05) is 12.6 Å². The lowest BCUT2D eigenvalue weighted by Gasteiger charge is -2.28. The molecule has 0 saturated carbocycles. The second-order valence-electron chi connectivity index (χ2n) is 7.93. The van der Waals surface area contributed by atoms with Crippen LogP contribution in [-0.2, 0) is 14.8 Å². The molecule has 0 aliphatic carbocycles. The number of benzene rings is 2. The largest absolute Gasteiger partial charge is 0.497 e. The van der Waals surface area contributed by atoms with Gasteiger partial charge in [-0.3, -0.25) is 9.52 Å². The summed E-state index contributed by atoms with van der Waals surface area (Å²) in [7, 11) is -1.08. The number of rotatable bonds is 7. The molecule has 1 heterocycles. The van der Waals surface area contributed by atoms with E-state index in [0.29, 0.717) is 29.4 Å². The van der Waals surface area contributed by atoms with Crippen molar-refractivity contribution in [2.75, 3.05) is 37.0 Å². The quantitative estimate of drug-likeness (QED) is 0.695. The van der Waals surface area contributed by atoms with E-state index in [9.17, 15) is 13.2 Å². The van der Waals surface area contributed by atoms with Gasteiger partial charge >= 0.3 is 0 Å². The third kappa shape index (κ3) is 4.56. The minimum Gasteiger partial charge on any atom is -0.497 e. The number of sulfonamides is 1. The van der Waals surface area contributed by atoms with Crippen molar-refractivity contribution in [3.05, 3.63) is 36.4 Å². The van der Waals surface area contributed by atoms with Crippen LogP contribution in [0.25, 0.3) is 0 Å². The fourth-order valence-corrected chi connectivity index (χ4v) is 4.56. The van der Waals surface area contributed by atoms with E-state index in [4.69, 9.17) is 14.2 Å². The molecule has 1 N–H and O–H groups in total. The molecule has 2 aromatic carbocycles.